The molecule has 39 heavy (non-hydrogen) atoms. The molecule has 0 radical (unpaired) electrons. The first-order valence-electron chi connectivity index (χ1n) is 12.8. The lowest BCUT2D eigenvalue weighted by molar-refractivity contribution is 0.0635. The van der Waals surface area contributed by atoms with Gasteiger partial charge >= 0.3 is 12.1 Å². The van der Waals surface area contributed by atoms with Crippen LogP contribution in [0.15, 0.2) is 78.9 Å². The van der Waals surface area contributed by atoms with E-state index in [9.17, 15) is 19.5 Å². The van der Waals surface area contributed by atoms with Gasteiger partial charge in [0, 0.05) is 25.2 Å². The molecule has 0 bridgehead atoms. The highest BCUT2D eigenvalue weighted by atomic mass is 16.6. The van der Waals surface area contributed by atoms with Crippen LogP contribution in [0.25, 0.3) is 0 Å². The van der Waals surface area contributed by atoms with Gasteiger partial charge in [0.05, 0.1) is 18.0 Å². The topological polar surface area (TPSA) is 120 Å². The lowest BCUT2D eigenvalue weighted by Gasteiger charge is -2.22. The number of rotatable bonds is 10. The van der Waals surface area contributed by atoms with E-state index < -0.39 is 11.7 Å². The molecule has 0 fully saturated rings. The summed E-state index contributed by atoms with van der Waals surface area (Å²) in [4.78, 5) is 39.3. The number of urea groups is 1. The lowest BCUT2D eigenvalue weighted by atomic mass is 10.1. The lowest BCUT2D eigenvalue weighted by Crippen LogP contribution is -2.41. The van der Waals surface area contributed by atoms with E-state index in [1.807, 2.05) is 30.3 Å². The number of nitrogens with zero attached hydrogens (tertiary/aromatic N) is 1. The number of anilines is 2. The highest BCUT2D eigenvalue weighted by Crippen LogP contribution is 2.23. The van der Waals surface area contributed by atoms with E-state index in [1.54, 1.807) is 69.3 Å². The quantitative estimate of drug-likeness (QED) is 0.292. The molecule has 9 nitrogen and oxygen atoms in total. The number of hydrogen-bond acceptors (Lipinski definition) is 5. The molecular weight excluding hydrogens is 496 g/mol. The molecule has 0 aliphatic rings. The average molecular weight is 533 g/mol. The number of carbonyl (C=O) groups is 3. The van der Waals surface area contributed by atoms with Crippen molar-refractivity contribution in [3.63, 3.8) is 0 Å². The first kappa shape index (κ1) is 29.2. The molecular formula is C30H36N4O5. The molecule has 0 saturated carbocycles. The Balaban J connectivity index is 1.58. The van der Waals surface area contributed by atoms with E-state index in [0.29, 0.717) is 29.9 Å². The van der Waals surface area contributed by atoms with E-state index in [4.69, 9.17) is 4.74 Å². The summed E-state index contributed by atoms with van der Waals surface area (Å²) in [5, 5.41) is 17.8. The highest BCUT2D eigenvalue weighted by Gasteiger charge is 2.18. The van der Waals surface area contributed by atoms with Gasteiger partial charge < -0.3 is 25.4 Å². The van der Waals surface area contributed by atoms with Crippen LogP contribution in [0.3, 0.4) is 0 Å². The van der Waals surface area contributed by atoms with Crippen LogP contribution < -0.4 is 16.0 Å². The van der Waals surface area contributed by atoms with Crippen molar-refractivity contribution in [1.29, 1.82) is 0 Å². The summed E-state index contributed by atoms with van der Waals surface area (Å²) < 4.78 is 5.30. The maximum atomic E-state index is 12.9. The number of para-hydroxylation sites is 2. The van der Waals surface area contributed by atoms with Crippen LogP contribution in [0.4, 0.5) is 21.0 Å². The minimum Gasteiger partial charge on any atom is -0.444 e. The molecule has 9 heteroatoms. The summed E-state index contributed by atoms with van der Waals surface area (Å²) in [5.74, 6) is -0.356. The normalized spacial score (nSPS) is 10.9. The SMILES string of the molecule is CC(C)(C)OC(=O)Nc1ccccc1NC(=O)c1ccc(CN(CCO)C(=O)NCCc2ccccc2)cc1. The average Bonchev–Trinajstić information content (AvgIpc) is 2.89. The Labute approximate surface area is 229 Å². The van der Waals surface area contributed by atoms with E-state index >= 15 is 0 Å². The van der Waals surface area contributed by atoms with Crippen molar-refractivity contribution >= 4 is 29.4 Å². The Morgan fingerprint density at radius 3 is 2.05 bits per heavy atom. The minimum atomic E-state index is -0.653. The molecule has 3 rings (SSSR count). The predicted octanol–water partition coefficient (Wildman–Crippen LogP) is 5.03. The molecule has 0 unspecified atom stereocenters. The zero-order valence-corrected chi connectivity index (χ0v) is 22.6. The van der Waals surface area contributed by atoms with E-state index in [2.05, 4.69) is 16.0 Å². The Hall–Kier alpha value is -4.37. The molecule has 0 saturated heterocycles. The van der Waals surface area contributed by atoms with Gasteiger partial charge in [-0.25, -0.2) is 9.59 Å². The van der Waals surface area contributed by atoms with Crippen molar-refractivity contribution < 1.29 is 24.2 Å². The molecule has 0 heterocycles. The van der Waals surface area contributed by atoms with Crippen LogP contribution in [0.2, 0.25) is 0 Å². The molecule has 0 spiro atoms. The Bertz CT molecular complexity index is 1240. The van der Waals surface area contributed by atoms with Crippen molar-refractivity contribution in [2.75, 3.05) is 30.3 Å². The largest absolute Gasteiger partial charge is 0.444 e. The fourth-order valence-corrected chi connectivity index (χ4v) is 3.73. The Morgan fingerprint density at radius 1 is 0.821 bits per heavy atom. The number of carbonyl (C=O) groups excluding carboxylic acids is 3. The second-order valence-corrected chi connectivity index (χ2v) is 9.94. The summed E-state index contributed by atoms with van der Waals surface area (Å²) in [6, 6.07) is 23.3. The van der Waals surface area contributed by atoms with Crippen molar-refractivity contribution in [3.05, 3.63) is 95.6 Å². The summed E-state index contributed by atoms with van der Waals surface area (Å²) in [7, 11) is 0. The fourth-order valence-electron chi connectivity index (χ4n) is 3.73. The number of aliphatic hydroxyl groups excluding tert-OH is 1. The van der Waals surface area contributed by atoms with Gasteiger partial charge in [0.2, 0.25) is 0 Å². The molecule has 0 aromatic heterocycles. The summed E-state index contributed by atoms with van der Waals surface area (Å²) in [6.45, 7) is 6.09. The molecule has 206 valence electrons. The number of hydrogen-bond donors (Lipinski definition) is 4. The van der Waals surface area contributed by atoms with Gasteiger partial charge in [-0.15, -0.1) is 0 Å². The molecule has 0 atom stereocenters. The molecule has 0 aliphatic heterocycles. The maximum Gasteiger partial charge on any atom is 0.412 e. The third-order valence-electron chi connectivity index (χ3n) is 5.59. The van der Waals surface area contributed by atoms with Crippen LogP contribution in [-0.2, 0) is 17.7 Å². The first-order valence-corrected chi connectivity index (χ1v) is 12.8. The van der Waals surface area contributed by atoms with Crippen LogP contribution in [0.1, 0.15) is 42.3 Å². The maximum absolute atomic E-state index is 12.9. The zero-order valence-electron chi connectivity index (χ0n) is 22.6. The monoisotopic (exact) mass is 532 g/mol. The van der Waals surface area contributed by atoms with Crippen LogP contribution >= 0.6 is 0 Å². The third-order valence-corrected chi connectivity index (χ3v) is 5.59. The molecule has 0 aliphatic carbocycles. The van der Waals surface area contributed by atoms with Crippen molar-refractivity contribution in [1.82, 2.24) is 10.2 Å². The molecule has 3 aromatic rings. The van der Waals surface area contributed by atoms with Gasteiger partial charge in [0.1, 0.15) is 5.60 Å². The van der Waals surface area contributed by atoms with Crippen LogP contribution in [-0.4, -0.2) is 53.3 Å². The number of aliphatic hydroxyl groups is 1. The number of benzene rings is 3. The van der Waals surface area contributed by atoms with Gasteiger partial charge in [-0.1, -0.05) is 54.6 Å². The smallest absolute Gasteiger partial charge is 0.412 e. The van der Waals surface area contributed by atoms with Crippen molar-refractivity contribution in [2.45, 2.75) is 39.3 Å². The van der Waals surface area contributed by atoms with Gasteiger partial charge in [0.15, 0.2) is 0 Å². The minimum absolute atomic E-state index is 0.163. The van der Waals surface area contributed by atoms with Gasteiger partial charge in [-0.05, 0) is 62.6 Å². The summed E-state index contributed by atoms with van der Waals surface area (Å²) in [5.41, 5.74) is 2.54. The third kappa shape index (κ3) is 9.79. The van der Waals surface area contributed by atoms with Gasteiger partial charge in [-0.2, -0.15) is 0 Å². The standard InChI is InChI=1S/C30H36N4O5/c1-30(2,3)39-29(38)33-26-12-8-7-11-25(26)32-27(36)24-15-13-23(14-16-24)21-34(19-20-35)28(37)31-18-17-22-9-5-4-6-10-22/h4-16,35H,17-21H2,1-3H3,(H,31,37)(H,32,36)(H,33,38). The first-order chi connectivity index (χ1) is 18.6. The van der Waals surface area contributed by atoms with E-state index in [0.717, 1.165) is 11.1 Å². The van der Waals surface area contributed by atoms with Crippen molar-refractivity contribution in [3.8, 4) is 0 Å². The van der Waals surface area contributed by atoms with Crippen LogP contribution in [0.5, 0.6) is 0 Å². The number of ether oxygens (including phenoxy) is 1. The van der Waals surface area contributed by atoms with Crippen LogP contribution in [0, 0.1) is 0 Å². The number of nitrogens with one attached hydrogen (secondary N) is 3. The Morgan fingerprint density at radius 2 is 1.44 bits per heavy atom. The summed E-state index contributed by atoms with van der Waals surface area (Å²) >= 11 is 0. The Kier molecular flexibility index (Phi) is 10.5. The zero-order chi connectivity index (χ0) is 28.3. The summed E-state index contributed by atoms with van der Waals surface area (Å²) in [6.07, 6.45) is 0.0878. The highest BCUT2D eigenvalue weighted by molar-refractivity contribution is 6.06. The van der Waals surface area contributed by atoms with Gasteiger partial charge in [0.25, 0.3) is 5.91 Å². The van der Waals surface area contributed by atoms with Gasteiger partial charge in [-0.3, -0.25) is 10.1 Å². The number of amides is 4. The second-order valence-electron chi connectivity index (χ2n) is 9.94. The molecule has 3 aromatic carbocycles. The fraction of sp³-hybridized carbons (Fsp3) is 0.300. The van der Waals surface area contributed by atoms with Crippen molar-refractivity contribution in [2.24, 2.45) is 0 Å². The predicted molar refractivity (Wildman–Crippen MR) is 152 cm³/mol. The second kappa shape index (κ2) is 14.0. The molecule has 4 N–H and O–H groups in total. The van der Waals surface area contributed by atoms with E-state index in [-0.39, 0.29) is 31.6 Å². The molecule has 4 amide bonds. The van der Waals surface area contributed by atoms with E-state index in [1.165, 1.54) is 4.90 Å².